The molecule has 7 nitrogen and oxygen atoms in total. The van der Waals surface area contributed by atoms with Crippen LogP contribution in [0.2, 0.25) is 0 Å². The number of thiophene rings is 1. The Morgan fingerprint density at radius 2 is 2.07 bits per heavy atom. The van der Waals surface area contributed by atoms with Crippen molar-refractivity contribution in [2.75, 3.05) is 40.0 Å². The van der Waals surface area contributed by atoms with Crippen LogP contribution < -0.4 is 9.47 Å². The van der Waals surface area contributed by atoms with Gasteiger partial charge in [0, 0.05) is 13.1 Å². The second-order valence-corrected chi connectivity index (χ2v) is 7.12. The van der Waals surface area contributed by atoms with E-state index in [1.54, 1.807) is 40.6 Å². The fourth-order valence-electron chi connectivity index (χ4n) is 2.79. The lowest BCUT2D eigenvalue weighted by Gasteiger charge is -2.26. The summed E-state index contributed by atoms with van der Waals surface area (Å²) in [4.78, 5) is 26.8. The normalized spacial score (nSPS) is 14.2. The summed E-state index contributed by atoms with van der Waals surface area (Å²) in [6.07, 6.45) is 1.51. The van der Waals surface area contributed by atoms with E-state index < -0.39 is 0 Å². The van der Waals surface area contributed by atoms with Crippen LogP contribution in [0.25, 0.3) is 6.08 Å². The number of Topliss-reactive ketones (excluding diaryl/α,β-unsaturated/α-hetero) is 1. The third-order valence-corrected chi connectivity index (χ3v) is 5.19. The zero-order valence-electron chi connectivity index (χ0n) is 15.9. The number of benzene rings is 1. The molecule has 1 aromatic heterocycles. The second kappa shape index (κ2) is 9.87. The van der Waals surface area contributed by atoms with Crippen molar-refractivity contribution in [2.45, 2.75) is 0 Å². The first-order valence-electron chi connectivity index (χ1n) is 8.98. The van der Waals surface area contributed by atoms with E-state index in [0.29, 0.717) is 48.2 Å². The van der Waals surface area contributed by atoms with Gasteiger partial charge in [0.2, 0.25) is 5.78 Å². The largest absolute Gasteiger partial charge is 0.493 e. The second-order valence-electron chi connectivity index (χ2n) is 6.17. The van der Waals surface area contributed by atoms with Crippen molar-refractivity contribution in [1.82, 2.24) is 4.90 Å². The van der Waals surface area contributed by atoms with Crippen molar-refractivity contribution in [3.63, 3.8) is 0 Å². The lowest BCUT2D eigenvalue weighted by Crippen LogP contribution is -2.43. The Labute approximate surface area is 172 Å². The Morgan fingerprint density at radius 3 is 2.72 bits per heavy atom. The average molecular weight is 412 g/mol. The topological polar surface area (TPSA) is 88.9 Å². The van der Waals surface area contributed by atoms with E-state index in [1.807, 2.05) is 6.07 Å². The standard InChI is InChI=1S/C21H20N2O5S/c1-26-18-12-15(11-16(13-22)21(25)19-3-2-10-29-19)4-5-17(18)28-14-20(24)23-6-8-27-9-7-23/h2-5,10-12H,6-9,14H2,1H3/b16-11+. The molecule has 1 aliphatic heterocycles. The Kier molecular flexibility index (Phi) is 7.00. The molecule has 0 unspecified atom stereocenters. The van der Waals surface area contributed by atoms with Crippen molar-refractivity contribution >= 4 is 29.1 Å². The van der Waals surface area contributed by atoms with Crippen LogP contribution in [0, 0.1) is 11.3 Å². The highest BCUT2D eigenvalue weighted by Crippen LogP contribution is 2.29. The van der Waals surface area contributed by atoms with E-state index in [4.69, 9.17) is 14.2 Å². The van der Waals surface area contributed by atoms with Gasteiger partial charge in [-0.25, -0.2) is 0 Å². The van der Waals surface area contributed by atoms with Gasteiger partial charge in [-0.15, -0.1) is 11.3 Å². The molecule has 1 aliphatic rings. The van der Waals surface area contributed by atoms with Gasteiger partial charge in [0.25, 0.3) is 5.91 Å². The van der Waals surface area contributed by atoms with Crippen molar-refractivity contribution in [3.05, 3.63) is 51.7 Å². The maximum Gasteiger partial charge on any atom is 0.260 e. The highest BCUT2D eigenvalue weighted by atomic mass is 32.1. The SMILES string of the molecule is COc1cc(/C=C(\C#N)C(=O)c2cccs2)ccc1OCC(=O)N1CCOCC1. The molecule has 8 heteroatoms. The molecule has 0 aliphatic carbocycles. The smallest absolute Gasteiger partial charge is 0.260 e. The van der Waals surface area contributed by atoms with Crippen LogP contribution in [0.3, 0.4) is 0 Å². The molecular formula is C21H20N2O5S. The third kappa shape index (κ3) is 5.22. The molecular weight excluding hydrogens is 392 g/mol. The Bertz CT molecular complexity index is 940. The summed E-state index contributed by atoms with van der Waals surface area (Å²) in [6.45, 7) is 2.06. The first-order valence-corrected chi connectivity index (χ1v) is 9.86. The number of rotatable bonds is 7. The number of hydrogen-bond donors (Lipinski definition) is 0. The van der Waals surface area contributed by atoms with Gasteiger partial charge < -0.3 is 19.1 Å². The van der Waals surface area contributed by atoms with Gasteiger partial charge >= 0.3 is 0 Å². The predicted octanol–water partition coefficient (Wildman–Crippen LogP) is 2.78. The number of ether oxygens (including phenoxy) is 3. The quantitative estimate of drug-likeness (QED) is 0.395. The molecule has 0 spiro atoms. The van der Waals surface area contributed by atoms with E-state index in [1.165, 1.54) is 24.5 Å². The van der Waals surface area contributed by atoms with Crippen molar-refractivity contribution in [2.24, 2.45) is 0 Å². The Balaban J connectivity index is 1.71. The maximum absolute atomic E-state index is 12.4. The zero-order valence-corrected chi connectivity index (χ0v) is 16.7. The molecule has 3 rings (SSSR count). The maximum atomic E-state index is 12.4. The number of carbonyl (C=O) groups is 2. The summed E-state index contributed by atoms with van der Waals surface area (Å²) >= 11 is 1.29. The first kappa shape index (κ1) is 20.6. The van der Waals surface area contributed by atoms with Gasteiger partial charge in [0.15, 0.2) is 18.1 Å². The number of hydrogen-bond acceptors (Lipinski definition) is 7. The van der Waals surface area contributed by atoms with Crippen LogP contribution in [-0.4, -0.2) is 56.6 Å². The molecule has 0 N–H and O–H groups in total. The summed E-state index contributed by atoms with van der Waals surface area (Å²) in [6, 6.07) is 10.4. The van der Waals surface area contributed by atoms with Crippen LogP contribution in [0.15, 0.2) is 41.3 Å². The molecule has 0 bridgehead atoms. The first-order chi connectivity index (χ1) is 14.1. The molecule has 0 atom stereocenters. The van der Waals surface area contributed by atoms with Gasteiger partial charge in [-0.2, -0.15) is 5.26 Å². The van der Waals surface area contributed by atoms with E-state index in [9.17, 15) is 14.9 Å². The molecule has 1 fully saturated rings. The van der Waals surface area contributed by atoms with Gasteiger partial charge in [-0.3, -0.25) is 9.59 Å². The van der Waals surface area contributed by atoms with Gasteiger partial charge in [0.1, 0.15) is 11.6 Å². The van der Waals surface area contributed by atoms with Crippen LogP contribution in [0.4, 0.5) is 0 Å². The Morgan fingerprint density at radius 1 is 1.28 bits per heavy atom. The van der Waals surface area contributed by atoms with Crippen LogP contribution in [0.1, 0.15) is 15.2 Å². The lowest BCUT2D eigenvalue weighted by atomic mass is 10.1. The molecule has 29 heavy (non-hydrogen) atoms. The molecule has 150 valence electrons. The van der Waals surface area contributed by atoms with E-state index >= 15 is 0 Å². The van der Waals surface area contributed by atoms with Gasteiger partial charge in [0.05, 0.1) is 25.2 Å². The number of allylic oxidation sites excluding steroid dienone is 1. The summed E-state index contributed by atoms with van der Waals surface area (Å²) in [5.41, 5.74) is 0.654. The molecule has 0 saturated carbocycles. The number of ketones is 1. The minimum Gasteiger partial charge on any atom is -0.493 e. The van der Waals surface area contributed by atoms with Crippen LogP contribution in [-0.2, 0) is 9.53 Å². The predicted molar refractivity (Wildman–Crippen MR) is 108 cm³/mol. The van der Waals surface area contributed by atoms with Crippen molar-refractivity contribution in [1.29, 1.82) is 5.26 Å². The number of nitrogens with zero attached hydrogens (tertiary/aromatic N) is 2. The number of amides is 1. The molecule has 1 aromatic carbocycles. The summed E-state index contributed by atoms with van der Waals surface area (Å²) in [7, 11) is 1.49. The number of morpholine rings is 1. The van der Waals surface area contributed by atoms with Crippen LogP contribution >= 0.6 is 11.3 Å². The highest BCUT2D eigenvalue weighted by Gasteiger charge is 2.18. The molecule has 2 heterocycles. The fourth-order valence-corrected chi connectivity index (χ4v) is 3.47. The van der Waals surface area contributed by atoms with E-state index in [2.05, 4.69) is 0 Å². The fraction of sp³-hybridized carbons (Fsp3) is 0.286. The van der Waals surface area contributed by atoms with Crippen LogP contribution in [0.5, 0.6) is 11.5 Å². The number of methoxy groups -OCH3 is 1. The lowest BCUT2D eigenvalue weighted by molar-refractivity contribution is -0.137. The summed E-state index contributed by atoms with van der Waals surface area (Å²) in [5.74, 6) is 0.384. The van der Waals surface area contributed by atoms with Gasteiger partial charge in [-0.1, -0.05) is 12.1 Å². The molecule has 0 radical (unpaired) electrons. The molecule has 1 amide bonds. The van der Waals surface area contributed by atoms with Gasteiger partial charge in [-0.05, 0) is 35.2 Å². The minimum atomic E-state index is -0.321. The van der Waals surface area contributed by atoms with E-state index in [0.717, 1.165) is 0 Å². The average Bonchev–Trinajstić information content (AvgIpc) is 3.31. The van der Waals surface area contributed by atoms with Crippen molar-refractivity contribution < 1.29 is 23.8 Å². The monoisotopic (exact) mass is 412 g/mol. The summed E-state index contributed by atoms with van der Waals surface area (Å²) < 4.78 is 16.2. The zero-order chi connectivity index (χ0) is 20.6. The Hall–Kier alpha value is -3.15. The minimum absolute atomic E-state index is 0.0330. The molecule has 1 saturated heterocycles. The van der Waals surface area contributed by atoms with E-state index in [-0.39, 0.29) is 23.9 Å². The number of carbonyl (C=O) groups excluding carboxylic acids is 2. The summed E-state index contributed by atoms with van der Waals surface area (Å²) in [5, 5.41) is 11.2. The van der Waals surface area contributed by atoms with Crippen molar-refractivity contribution in [3.8, 4) is 17.6 Å². The molecule has 2 aromatic rings. The third-order valence-electron chi connectivity index (χ3n) is 4.32. The number of nitriles is 1. The highest BCUT2D eigenvalue weighted by molar-refractivity contribution is 7.12.